The highest BCUT2D eigenvalue weighted by atomic mass is 16.5. The molecule has 1 aliphatic rings. The van der Waals surface area contributed by atoms with E-state index in [2.05, 4.69) is 0 Å². The summed E-state index contributed by atoms with van der Waals surface area (Å²) in [6, 6.07) is 13.5. The van der Waals surface area contributed by atoms with Crippen molar-refractivity contribution in [2.24, 2.45) is 4.99 Å². The van der Waals surface area contributed by atoms with Gasteiger partial charge in [0, 0.05) is 12.0 Å². The molecule has 0 spiro atoms. The van der Waals surface area contributed by atoms with Crippen LogP contribution < -0.4 is 14.2 Å². The van der Waals surface area contributed by atoms with Gasteiger partial charge in [0.05, 0.1) is 32.2 Å². The zero-order valence-electron chi connectivity index (χ0n) is 12.1. The van der Waals surface area contributed by atoms with E-state index in [4.69, 9.17) is 19.2 Å². The van der Waals surface area contributed by atoms with Gasteiger partial charge in [-0.15, -0.1) is 0 Å². The average Bonchev–Trinajstić information content (AvgIpc) is 2.55. The summed E-state index contributed by atoms with van der Waals surface area (Å²) in [7, 11) is 3.31. The highest BCUT2D eigenvalue weighted by Crippen LogP contribution is 2.30. The van der Waals surface area contributed by atoms with Crippen molar-refractivity contribution in [1.29, 1.82) is 0 Å². The van der Waals surface area contributed by atoms with E-state index in [1.54, 1.807) is 14.2 Å². The van der Waals surface area contributed by atoms with Crippen LogP contribution >= 0.6 is 0 Å². The molecule has 21 heavy (non-hydrogen) atoms. The molecule has 1 aliphatic heterocycles. The highest BCUT2D eigenvalue weighted by Gasteiger charge is 2.17. The lowest BCUT2D eigenvalue weighted by molar-refractivity contribution is 0.319. The van der Waals surface area contributed by atoms with Crippen LogP contribution in [0.5, 0.6) is 17.2 Å². The molecule has 0 saturated carbocycles. The minimum Gasteiger partial charge on any atom is -0.497 e. The van der Waals surface area contributed by atoms with Crippen LogP contribution in [0, 0.1) is 0 Å². The molecule has 0 saturated heterocycles. The Hall–Kier alpha value is -2.49. The molecule has 0 unspecified atom stereocenters. The third-order valence-electron chi connectivity index (χ3n) is 3.43. The summed E-state index contributed by atoms with van der Waals surface area (Å²) in [6.07, 6.45) is 0.784. The second-order valence-electron chi connectivity index (χ2n) is 4.72. The summed E-state index contributed by atoms with van der Waals surface area (Å²) in [4.78, 5) is 4.74. The molecule has 0 N–H and O–H groups in total. The SMILES string of the molecule is COc1ccc(/N=C2\CCOc3ccc(OC)cc32)cc1. The minimum absolute atomic E-state index is 0.647. The molecule has 0 fully saturated rings. The van der Waals surface area contributed by atoms with Crippen LogP contribution in [-0.4, -0.2) is 26.5 Å². The molecule has 0 aromatic heterocycles. The number of hydrogen-bond donors (Lipinski definition) is 0. The molecule has 0 bridgehead atoms. The molecule has 0 aliphatic carbocycles. The maximum Gasteiger partial charge on any atom is 0.128 e. The molecule has 3 rings (SSSR count). The van der Waals surface area contributed by atoms with Gasteiger partial charge in [0.1, 0.15) is 17.2 Å². The van der Waals surface area contributed by atoms with Gasteiger partial charge in [-0.1, -0.05) is 0 Å². The van der Waals surface area contributed by atoms with Crippen LogP contribution in [0.3, 0.4) is 0 Å². The number of aliphatic imine (C=N–C) groups is 1. The fourth-order valence-corrected chi connectivity index (χ4v) is 2.31. The summed E-state index contributed by atoms with van der Waals surface area (Å²) in [6.45, 7) is 0.647. The second-order valence-corrected chi connectivity index (χ2v) is 4.72. The maximum absolute atomic E-state index is 5.67. The molecule has 0 radical (unpaired) electrons. The van der Waals surface area contributed by atoms with Crippen molar-refractivity contribution >= 4 is 11.4 Å². The molecule has 2 aromatic carbocycles. The standard InChI is InChI=1S/C17H17NO3/c1-19-13-5-3-12(4-6-13)18-16-9-10-21-17-8-7-14(20-2)11-15(16)17/h3-8,11H,9-10H2,1-2H3/b18-16+. The van der Waals surface area contributed by atoms with Crippen molar-refractivity contribution in [2.75, 3.05) is 20.8 Å². The number of nitrogens with zero attached hydrogens (tertiary/aromatic N) is 1. The van der Waals surface area contributed by atoms with Crippen molar-refractivity contribution < 1.29 is 14.2 Å². The Morgan fingerprint density at radius 3 is 2.38 bits per heavy atom. The first-order chi connectivity index (χ1) is 10.3. The molecule has 0 amide bonds. The Morgan fingerprint density at radius 1 is 0.952 bits per heavy atom. The lowest BCUT2D eigenvalue weighted by Crippen LogP contribution is -2.16. The van der Waals surface area contributed by atoms with Gasteiger partial charge in [0.15, 0.2) is 0 Å². The van der Waals surface area contributed by atoms with Gasteiger partial charge in [-0.3, -0.25) is 4.99 Å². The zero-order valence-corrected chi connectivity index (χ0v) is 12.1. The largest absolute Gasteiger partial charge is 0.497 e. The topological polar surface area (TPSA) is 40.0 Å². The molecule has 4 nitrogen and oxygen atoms in total. The first-order valence-corrected chi connectivity index (χ1v) is 6.83. The van der Waals surface area contributed by atoms with Crippen molar-refractivity contribution in [1.82, 2.24) is 0 Å². The molecular weight excluding hydrogens is 266 g/mol. The number of fused-ring (bicyclic) bond motifs is 1. The van der Waals surface area contributed by atoms with E-state index < -0.39 is 0 Å². The van der Waals surface area contributed by atoms with Crippen molar-refractivity contribution in [3.63, 3.8) is 0 Å². The number of hydrogen-bond acceptors (Lipinski definition) is 4. The first-order valence-electron chi connectivity index (χ1n) is 6.83. The van der Waals surface area contributed by atoms with Gasteiger partial charge < -0.3 is 14.2 Å². The normalized spacial score (nSPS) is 15.2. The minimum atomic E-state index is 0.647. The summed E-state index contributed by atoms with van der Waals surface area (Å²) in [5.41, 5.74) is 2.92. The van der Waals surface area contributed by atoms with E-state index in [0.29, 0.717) is 6.61 Å². The predicted molar refractivity (Wildman–Crippen MR) is 82.3 cm³/mol. The average molecular weight is 283 g/mol. The van der Waals surface area contributed by atoms with Gasteiger partial charge in [-0.2, -0.15) is 0 Å². The number of methoxy groups -OCH3 is 2. The Bertz CT molecular complexity index is 662. The van der Waals surface area contributed by atoms with Crippen LogP contribution in [0.15, 0.2) is 47.5 Å². The molecule has 4 heteroatoms. The predicted octanol–water partition coefficient (Wildman–Crippen LogP) is 3.61. The van der Waals surface area contributed by atoms with Gasteiger partial charge >= 0.3 is 0 Å². The lowest BCUT2D eigenvalue weighted by Gasteiger charge is -2.19. The van der Waals surface area contributed by atoms with E-state index in [9.17, 15) is 0 Å². The van der Waals surface area contributed by atoms with Gasteiger partial charge in [-0.05, 0) is 42.5 Å². The van der Waals surface area contributed by atoms with Crippen molar-refractivity contribution in [3.05, 3.63) is 48.0 Å². The monoisotopic (exact) mass is 283 g/mol. The third kappa shape index (κ3) is 2.84. The van der Waals surface area contributed by atoms with Crippen molar-refractivity contribution in [2.45, 2.75) is 6.42 Å². The van der Waals surface area contributed by atoms with E-state index in [1.807, 2.05) is 42.5 Å². The van der Waals surface area contributed by atoms with E-state index in [-0.39, 0.29) is 0 Å². The van der Waals surface area contributed by atoms with Gasteiger partial charge in [0.25, 0.3) is 0 Å². The summed E-state index contributed by atoms with van der Waals surface area (Å²) in [5, 5.41) is 0. The number of benzene rings is 2. The van der Waals surface area contributed by atoms with Gasteiger partial charge in [0.2, 0.25) is 0 Å². The van der Waals surface area contributed by atoms with Crippen molar-refractivity contribution in [3.8, 4) is 17.2 Å². The first kappa shape index (κ1) is 13.5. The molecule has 2 aromatic rings. The summed E-state index contributed by atoms with van der Waals surface area (Å²) >= 11 is 0. The summed E-state index contributed by atoms with van der Waals surface area (Å²) in [5.74, 6) is 2.49. The molecular formula is C17H17NO3. The molecule has 0 atom stereocenters. The highest BCUT2D eigenvalue weighted by molar-refractivity contribution is 6.05. The van der Waals surface area contributed by atoms with Crippen LogP contribution in [0.25, 0.3) is 0 Å². The molecule has 108 valence electrons. The lowest BCUT2D eigenvalue weighted by atomic mass is 10.0. The van der Waals surface area contributed by atoms with E-state index in [0.717, 1.165) is 40.6 Å². The molecule has 1 heterocycles. The quantitative estimate of drug-likeness (QED) is 0.864. The van der Waals surface area contributed by atoms with Crippen LogP contribution in [-0.2, 0) is 0 Å². The smallest absolute Gasteiger partial charge is 0.128 e. The Balaban J connectivity index is 1.97. The number of rotatable bonds is 3. The Labute approximate surface area is 124 Å². The second kappa shape index (κ2) is 5.87. The third-order valence-corrected chi connectivity index (χ3v) is 3.43. The zero-order chi connectivity index (χ0) is 14.7. The summed E-state index contributed by atoms with van der Waals surface area (Å²) < 4.78 is 16.1. The maximum atomic E-state index is 5.67. The Kier molecular flexibility index (Phi) is 3.77. The van der Waals surface area contributed by atoms with Gasteiger partial charge in [-0.25, -0.2) is 0 Å². The fraction of sp³-hybridized carbons (Fsp3) is 0.235. The number of ether oxygens (including phenoxy) is 3. The van der Waals surface area contributed by atoms with E-state index >= 15 is 0 Å². The fourth-order valence-electron chi connectivity index (χ4n) is 2.31. The Morgan fingerprint density at radius 2 is 1.67 bits per heavy atom. The van der Waals surface area contributed by atoms with E-state index in [1.165, 1.54) is 0 Å². The van der Waals surface area contributed by atoms with Crippen LogP contribution in [0.2, 0.25) is 0 Å². The van der Waals surface area contributed by atoms with Crippen LogP contribution in [0.1, 0.15) is 12.0 Å². The van der Waals surface area contributed by atoms with Crippen LogP contribution in [0.4, 0.5) is 5.69 Å².